The fourth-order valence-corrected chi connectivity index (χ4v) is 1.74. The molecule has 0 aliphatic heterocycles. The zero-order valence-electron chi connectivity index (χ0n) is 11.1. The Morgan fingerprint density at radius 2 is 1.88 bits per heavy atom. The van der Waals surface area contributed by atoms with Crippen molar-refractivity contribution >= 4 is 0 Å². The van der Waals surface area contributed by atoms with E-state index in [4.69, 9.17) is 5.73 Å². The van der Waals surface area contributed by atoms with Crippen LogP contribution in [-0.2, 0) is 6.42 Å². The van der Waals surface area contributed by atoms with Crippen molar-refractivity contribution in [2.24, 2.45) is 11.7 Å². The lowest BCUT2D eigenvalue weighted by Crippen LogP contribution is -2.40. The van der Waals surface area contributed by atoms with Crippen molar-refractivity contribution in [1.29, 1.82) is 0 Å². The fraction of sp³-hybridized carbons (Fsp3) is 0.533. The van der Waals surface area contributed by atoms with Gasteiger partial charge >= 0.3 is 0 Å². The van der Waals surface area contributed by atoms with Gasteiger partial charge in [-0.05, 0) is 37.7 Å². The second-order valence-corrected chi connectivity index (χ2v) is 5.39. The first-order chi connectivity index (χ1) is 7.92. The van der Waals surface area contributed by atoms with E-state index in [0.29, 0.717) is 18.4 Å². The van der Waals surface area contributed by atoms with Crippen molar-refractivity contribution in [3.63, 3.8) is 0 Å². The van der Waals surface area contributed by atoms with Crippen LogP contribution in [0.5, 0.6) is 0 Å². The number of nitrogens with two attached hydrogens (primary N) is 1. The van der Waals surface area contributed by atoms with Crippen molar-refractivity contribution < 1.29 is 5.11 Å². The molecular weight excluding hydrogens is 210 g/mol. The standard InChI is InChI=1S/C15H24NO/c1-12(2)9-10-15(3,17)14(16)11-13-7-5-4-6-8-13/h4-8,12,17H,9-11,16H2,1-3H3/t15-/m1/s1. The number of aliphatic hydroxyl groups is 1. The van der Waals surface area contributed by atoms with Gasteiger partial charge in [0.1, 0.15) is 0 Å². The van der Waals surface area contributed by atoms with Crippen LogP contribution in [0, 0.1) is 12.0 Å². The van der Waals surface area contributed by atoms with E-state index in [0.717, 1.165) is 18.4 Å². The Hall–Kier alpha value is -0.860. The number of benzene rings is 1. The van der Waals surface area contributed by atoms with Gasteiger partial charge in [-0.25, -0.2) is 0 Å². The second-order valence-electron chi connectivity index (χ2n) is 5.39. The van der Waals surface area contributed by atoms with E-state index in [-0.39, 0.29) is 0 Å². The highest BCUT2D eigenvalue weighted by atomic mass is 16.3. The molecule has 0 bridgehead atoms. The van der Waals surface area contributed by atoms with Crippen LogP contribution in [0.1, 0.15) is 39.2 Å². The van der Waals surface area contributed by atoms with E-state index < -0.39 is 5.60 Å². The minimum absolute atomic E-state index is 0.589. The van der Waals surface area contributed by atoms with E-state index in [1.807, 2.05) is 37.3 Å². The van der Waals surface area contributed by atoms with Crippen LogP contribution in [0.15, 0.2) is 30.3 Å². The summed E-state index contributed by atoms with van der Waals surface area (Å²) in [4.78, 5) is 0. The third kappa shape index (κ3) is 4.88. The summed E-state index contributed by atoms with van der Waals surface area (Å²) >= 11 is 0. The normalized spacial score (nSPS) is 15.2. The topological polar surface area (TPSA) is 46.2 Å². The highest BCUT2D eigenvalue weighted by molar-refractivity contribution is 5.20. The molecule has 2 nitrogen and oxygen atoms in total. The molecule has 17 heavy (non-hydrogen) atoms. The average molecular weight is 234 g/mol. The molecule has 95 valence electrons. The van der Waals surface area contributed by atoms with Crippen LogP contribution in [0.2, 0.25) is 0 Å². The maximum Gasteiger partial charge on any atom is 0.0821 e. The molecule has 0 fully saturated rings. The van der Waals surface area contributed by atoms with Gasteiger partial charge in [0, 0.05) is 0 Å². The predicted octanol–water partition coefficient (Wildman–Crippen LogP) is 2.91. The Labute approximate surface area is 105 Å². The van der Waals surface area contributed by atoms with E-state index in [2.05, 4.69) is 13.8 Å². The smallest absolute Gasteiger partial charge is 0.0821 e. The van der Waals surface area contributed by atoms with Crippen LogP contribution >= 0.6 is 0 Å². The molecule has 1 rings (SSSR count). The molecule has 0 unspecified atom stereocenters. The van der Waals surface area contributed by atoms with E-state index in [1.54, 1.807) is 0 Å². The first-order valence-corrected chi connectivity index (χ1v) is 6.30. The number of rotatable bonds is 6. The maximum atomic E-state index is 10.3. The largest absolute Gasteiger partial charge is 0.388 e. The molecule has 0 saturated carbocycles. The van der Waals surface area contributed by atoms with E-state index in [1.165, 1.54) is 0 Å². The second kappa shape index (κ2) is 6.18. The lowest BCUT2D eigenvalue weighted by atomic mass is 9.86. The summed E-state index contributed by atoms with van der Waals surface area (Å²) in [6.45, 7) is 6.13. The Bertz CT molecular complexity index is 319. The molecule has 0 saturated heterocycles. The monoisotopic (exact) mass is 234 g/mol. The van der Waals surface area contributed by atoms with Crippen LogP contribution in [0.3, 0.4) is 0 Å². The SMILES string of the molecule is CC(C)CC[C@@](C)(O)[C](N)Cc1ccccc1. The average Bonchev–Trinajstić information content (AvgIpc) is 2.28. The van der Waals surface area contributed by atoms with Crippen molar-refractivity contribution in [3.05, 3.63) is 41.9 Å². The third-order valence-electron chi connectivity index (χ3n) is 3.14. The lowest BCUT2D eigenvalue weighted by molar-refractivity contribution is 0.0550. The Morgan fingerprint density at radius 3 is 2.41 bits per heavy atom. The third-order valence-corrected chi connectivity index (χ3v) is 3.14. The molecular formula is C15H24NO. The molecule has 1 atom stereocenters. The van der Waals surface area contributed by atoms with Crippen LogP contribution in [0.4, 0.5) is 0 Å². The van der Waals surface area contributed by atoms with Gasteiger partial charge in [0.15, 0.2) is 0 Å². The summed E-state index contributed by atoms with van der Waals surface area (Å²) in [6.07, 6.45) is 2.36. The fourth-order valence-electron chi connectivity index (χ4n) is 1.74. The van der Waals surface area contributed by atoms with Gasteiger partial charge in [-0.3, -0.25) is 0 Å². The van der Waals surface area contributed by atoms with Crippen molar-refractivity contribution in [1.82, 2.24) is 0 Å². The van der Waals surface area contributed by atoms with Gasteiger partial charge < -0.3 is 10.8 Å². The zero-order chi connectivity index (χ0) is 12.9. The summed E-state index contributed by atoms with van der Waals surface area (Å²) in [7, 11) is 0. The molecule has 0 aliphatic rings. The van der Waals surface area contributed by atoms with Crippen molar-refractivity contribution in [2.75, 3.05) is 0 Å². The molecule has 0 aliphatic carbocycles. The van der Waals surface area contributed by atoms with E-state index >= 15 is 0 Å². The van der Waals surface area contributed by atoms with Gasteiger partial charge in [-0.2, -0.15) is 0 Å². The van der Waals surface area contributed by atoms with Crippen molar-refractivity contribution in [3.8, 4) is 0 Å². The van der Waals surface area contributed by atoms with Crippen molar-refractivity contribution in [2.45, 2.75) is 45.6 Å². The van der Waals surface area contributed by atoms with Gasteiger partial charge in [-0.15, -0.1) is 0 Å². The van der Waals surface area contributed by atoms with Crippen LogP contribution in [0.25, 0.3) is 0 Å². The molecule has 1 aromatic rings. The first kappa shape index (κ1) is 14.2. The molecule has 1 aromatic carbocycles. The first-order valence-electron chi connectivity index (χ1n) is 6.30. The molecule has 0 amide bonds. The van der Waals surface area contributed by atoms with Gasteiger partial charge in [0.05, 0.1) is 11.6 Å². The number of hydrogen-bond acceptors (Lipinski definition) is 2. The summed E-state index contributed by atoms with van der Waals surface area (Å²) in [6, 6.07) is 10.7. The minimum atomic E-state index is -0.861. The highest BCUT2D eigenvalue weighted by Crippen LogP contribution is 2.25. The summed E-state index contributed by atoms with van der Waals surface area (Å²) < 4.78 is 0. The summed E-state index contributed by atoms with van der Waals surface area (Å²) in [5, 5.41) is 10.3. The Balaban J connectivity index is 2.53. The van der Waals surface area contributed by atoms with Crippen LogP contribution < -0.4 is 5.73 Å². The Kier molecular flexibility index (Phi) is 5.16. The number of hydrogen-bond donors (Lipinski definition) is 2. The highest BCUT2D eigenvalue weighted by Gasteiger charge is 2.29. The molecule has 0 aromatic heterocycles. The molecule has 2 heteroatoms. The molecule has 3 N–H and O–H groups in total. The molecule has 0 heterocycles. The van der Waals surface area contributed by atoms with E-state index in [9.17, 15) is 5.11 Å². The summed E-state index contributed by atoms with van der Waals surface area (Å²) in [5.74, 6) is 0.589. The minimum Gasteiger partial charge on any atom is -0.388 e. The summed E-state index contributed by atoms with van der Waals surface area (Å²) in [5.41, 5.74) is 6.32. The van der Waals surface area contributed by atoms with Crippen LogP contribution in [-0.4, -0.2) is 10.7 Å². The van der Waals surface area contributed by atoms with Gasteiger partial charge in [-0.1, -0.05) is 44.2 Å². The molecule has 0 spiro atoms. The molecule has 1 radical (unpaired) electrons. The Morgan fingerprint density at radius 1 is 1.29 bits per heavy atom. The maximum absolute atomic E-state index is 10.3. The quantitative estimate of drug-likeness (QED) is 0.795. The zero-order valence-corrected chi connectivity index (χ0v) is 11.1. The predicted molar refractivity (Wildman–Crippen MR) is 72.3 cm³/mol. The lowest BCUT2D eigenvalue weighted by Gasteiger charge is -2.30. The van der Waals surface area contributed by atoms with Gasteiger partial charge in [0.2, 0.25) is 0 Å². The van der Waals surface area contributed by atoms with Gasteiger partial charge in [0.25, 0.3) is 0 Å².